The molecule has 1 aromatic carbocycles. The van der Waals surface area contributed by atoms with Gasteiger partial charge in [-0.2, -0.15) is 14.7 Å². The van der Waals surface area contributed by atoms with Crippen LogP contribution in [0.1, 0.15) is 62.6 Å². The number of hydrogen-bond donors (Lipinski definition) is 2. The molecule has 4 heterocycles. The van der Waals surface area contributed by atoms with Crippen molar-refractivity contribution in [3.8, 4) is 22.4 Å². The molecule has 0 spiro atoms. The second-order valence-electron chi connectivity index (χ2n) is 13.3. The first-order valence-corrected chi connectivity index (χ1v) is 20.0. The fourth-order valence-corrected chi connectivity index (χ4v) is 7.35. The highest BCUT2D eigenvalue weighted by Crippen LogP contribution is 2.31. The number of aryl methyl sites for hydroxylation is 1. The highest BCUT2D eigenvalue weighted by atomic mass is 32.2. The minimum absolute atomic E-state index is 0.0642. The van der Waals surface area contributed by atoms with Crippen molar-refractivity contribution in [3.63, 3.8) is 0 Å². The molecule has 0 aliphatic rings. The molecule has 0 saturated carbocycles. The van der Waals surface area contributed by atoms with Gasteiger partial charge in [0.2, 0.25) is 5.96 Å². The molecule has 0 radical (unpaired) electrons. The molecule has 54 heavy (non-hydrogen) atoms. The predicted molar refractivity (Wildman–Crippen MR) is 207 cm³/mol. The molecule has 5 aromatic rings. The Balaban J connectivity index is 1.42. The molecule has 0 fully saturated rings. The fraction of sp³-hybridized carbons (Fsp3) is 0.432. The van der Waals surface area contributed by atoms with Crippen LogP contribution in [0, 0.1) is 5.82 Å². The van der Waals surface area contributed by atoms with Gasteiger partial charge >= 0.3 is 0 Å². The monoisotopic (exact) mass is 760 g/mol. The van der Waals surface area contributed by atoms with Gasteiger partial charge in [-0.1, -0.05) is 32.0 Å². The summed E-state index contributed by atoms with van der Waals surface area (Å²) in [5.74, 6) is -0.265. The van der Waals surface area contributed by atoms with Crippen LogP contribution in [0.3, 0.4) is 0 Å². The maximum atomic E-state index is 14.4. The van der Waals surface area contributed by atoms with Crippen LogP contribution in [0.2, 0.25) is 0 Å². The molecule has 4 aromatic heterocycles. The molecule has 288 valence electrons. The number of nitrogens with one attached hydrogen (secondary N) is 1. The Morgan fingerprint density at radius 2 is 1.81 bits per heavy atom. The molecule has 5 rings (SSSR count). The normalized spacial score (nSPS) is 12.8. The lowest BCUT2D eigenvalue weighted by Crippen LogP contribution is -2.41. The van der Waals surface area contributed by atoms with Gasteiger partial charge in [0, 0.05) is 54.8 Å². The van der Waals surface area contributed by atoms with Crippen molar-refractivity contribution in [2.45, 2.75) is 63.8 Å². The van der Waals surface area contributed by atoms with Crippen molar-refractivity contribution in [2.75, 3.05) is 52.3 Å². The number of benzene rings is 1. The minimum atomic E-state index is -3.84. The Bertz CT molecular complexity index is 2200. The molecule has 0 bridgehead atoms. The fourth-order valence-electron chi connectivity index (χ4n) is 6.31. The van der Waals surface area contributed by atoms with Crippen LogP contribution in [0.4, 0.5) is 10.2 Å². The zero-order valence-corrected chi connectivity index (χ0v) is 32.5. The third-order valence-corrected chi connectivity index (χ3v) is 10.1. The zero-order valence-electron chi connectivity index (χ0n) is 31.7. The third kappa shape index (κ3) is 9.07. The topological polar surface area (TPSA) is 182 Å². The van der Waals surface area contributed by atoms with Crippen molar-refractivity contribution in [1.82, 2.24) is 49.7 Å². The average Bonchev–Trinajstić information content (AvgIpc) is 3.81. The first-order chi connectivity index (χ1) is 25.9. The highest BCUT2D eigenvalue weighted by Gasteiger charge is 2.29. The summed E-state index contributed by atoms with van der Waals surface area (Å²) < 4.78 is 42.0. The van der Waals surface area contributed by atoms with Gasteiger partial charge in [0.05, 0.1) is 23.8 Å². The van der Waals surface area contributed by atoms with E-state index >= 15 is 0 Å². The largest absolute Gasteiger partial charge is 0.382 e. The Labute approximate surface area is 315 Å². The number of aromatic nitrogens is 7. The van der Waals surface area contributed by atoms with E-state index in [1.165, 1.54) is 21.6 Å². The van der Waals surface area contributed by atoms with Gasteiger partial charge in [-0.3, -0.25) is 9.78 Å². The van der Waals surface area contributed by atoms with Crippen molar-refractivity contribution in [2.24, 2.45) is 4.99 Å². The van der Waals surface area contributed by atoms with E-state index in [1.807, 2.05) is 34.9 Å². The standard InChI is InChI=1S/C37H49FN12O3S/c1-7-20-48(36(51)32-24-44-50(46-32)37(40-9-3)41-19-12-21-47(4)5)26(8-2)16-18-31-33(54(6,52)53)34(39)49-35(45-31)28(23-43-49)25-15-17-30(42-22-25)27-13-10-11-14-29(27)38/h10-11,13-15,17,22-24,26H,7-9,12,16,18-21,39H2,1-6H3,(H,40,41)/t26-/m1/s1. The zero-order chi connectivity index (χ0) is 39.0. The SMILES string of the molecule is CCCN(C(=O)c1cnn(C(=NCCCN(C)C)NCC)n1)[C@H](CC)CCc1nc2c(-c3ccc(-c4ccccc4F)nc3)cnn2c(N)c1S(C)(=O)=O. The van der Waals surface area contributed by atoms with E-state index in [0.717, 1.165) is 19.2 Å². The van der Waals surface area contributed by atoms with Crippen molar-refractivity contribution >= 4 is 33.2 Å². The number of nitrogens with two attached hydrogens (primary N) is 1. The number of pyridine rings is 1. The van der Waals surface area contributed by atoms with E-state index in [4.69, 9.17) is 10.7 Å². The molecule has 0 aliphatic carbocycles. The van der Waals surface area contributed by atoms with Crippen LogP contribution in [0.25, 0.3) is 28.0 Å². The lowest BCUT2D eigenvalue weighted by atomic mass is 10.0. The van der Waals surface area contributed by atoms with E-state index in [-0.39, 0.29) is 46.3 Å². The summed E-state index contributed by atoms with van der Waals surface area (Å²) in [5.41, 5.74) is 9.36. The molecule has 3 N–H and O–H groups in total. The second-order valence-corrected chi connectivity index (χ2v) is 15.2. The summed E-state index contributed by atoms with van der Waals surface area (Å²) in [6.45, 7) is 8.45. The number of carbonyl (C=O) groups is 1. The number of fused-ring (bicyclic) bond motifs is 1. The molecule has 1 atom stereocenters. The van der Waals surface area contributed by atoms with Gasteiger partial charge in [0.25, 0.3) is 5.91 Å². The van der Waals surface area contributed by atoms with Crippen LogP contribution >= 0.6 is 0 Å². The summed E-state index contributed by atoms with van der Waals surface area (Å²) >= 11 is 0. The smallest absolute Gasteiger partial charge is 0.276 e. The highest BCUT2D eigenvalue weighted by molar-refractivity contribution is 7.91. The molecule has 15 nitrogen and oxygen atoms in total. The van der Waals surface area contributed by atoms with Gasteiger partial charge in [0.15, 0.2) is 21.2 Å². The molecule has 0 unspecified atom stereocenters. The Hall–Kier alpha value is -5.29. The van der Waals surface area contributed by atoms with E-state index < -0.39 is 9.84 Å². The van der Waals surface area contributed by atoms with E-state index in [9.17, 15) is 17.6 Å². The molecular formula is C37H49FN12O3S. The first-order valence-electron chi connectivity index (χ1n) is 18.1. The second kappa shape index (κ2) is 17.7. The molecule has 0 aliphatic heterocycles. The summed E-state index contributed by atoms with van der Waals surface area (Å²) in [7, 11) is 0.182. The van der Waals surface area contributed by atoms with E-state index in [2.05, 4.69) is 35.5 Å². The van der Waals surface area contributed by atoms with Crippen LogP contribution in [-0.4, -0.2) is 117 Å². The summed E-state index contributed by atoms with van der Waals surface area (Å²) in [6.07, 6.45) is 8.44. The molecule has 17 heteroatoms. The number of anilines is 1. The van der Waals surface area contributed by atoms with Crippen molar-refractivity contribution in [3.05, 3.63) is 72.2 Å². The third-order valence-electron chi connectivity index (χ3n) is 8.91. The predicted octanol–water partition coefficient (Wildman–Crippen LogP) is 4.20. The Morgan fingerprint density at radius 3 is 2.46 bits per heavy atom. The van der Waals surface area contributed by atoms with E-state index in [1.54, 1.807) is 47.6 Å². The van der Waals surface area contributed by atoms with Crippen molar-refractivity contribution < 1.29 is 17.6 Å². The Morgan fingerprint density at radius 1 is 1.04 bits per heavy atom. The lowest BCUT2D eigenvalue weighted by Gasteiger charge is -2.30. The van der Waals surface area contributed by atoms with E-state index in [0.29, 0.717) is 72.9 Å². The van der Waals surface area contributed by atoms with Gasteiger partial charge in [-0.15, -0.1) is 9.90 Å². The van der Waals surface area contributed by atoms with Crippen molar-refractivity contribution in [1.29, 1.82) is 0 Å². The number of amides is 1. The molecule has 0 saturated heterocycles. The van der Waals surface area contributed by atoms with Crippen LogP contribution < -0.4 is 11.1 Å². The van der Waals surface area contributed by atoms with Gasteiger partial charge in [0.1, 0.15) is 16.5 Å². The molecule has 1 amide bonds. The number of rotatable bonds is 16. The first kappa shape index (κ1) is 39.9. The van der Waals surface area contributed by atoms with Gasteiger partial charge < -0.3 is 20.9 Å². The molecular weight excluding hydrogens is 712 g/mol. The number of carbonyl (C=O) groups excluding carboxylic acids is 1. The van der Waals surface area contributed by atoms with Crippen LogP contribution in [-0.2, 0) is 16.3 Å². The summed E-state index contributed by atoms with van der Waals surface area (Å²) in [4.78, 5) is 33.0. The number of halogens is 1. The number of hydrogen-bond acceptors (Lipinski definition) is 11. The van der Waals surface area contributed by atoms with Gasteiger partial charge in [-0.25, -0.2) is 22.8 Å². The van der Waals surface area contributed by atoms with Crippen LogP contribution in [0.15, 0.2) is 64.9 Å². The maximum absolute atomic E-state index is 14.4. The maximum Gasteiger partial charge on any atom is 0.276 e. The average molecular weight is 761 g/mol. The number of nitrogens with zero attached hydrogens (tertiary/aromatic N) is 10. The quantitative estimate of drug-likeness (QED) is 0.0836. The number of aliphatic imine (C=N–C) groups is 1. The summed E-state index contributed by atoms with van der Waals surface area (Å²) in [6, 6.07) is 9.60. The van der Waals surface area contributed by atoms with Crippen LogP contribution in [0.5, 0.6) is 0 Å². The summed E-state index contributed by atoms with van der Waals surface area (Å²) in [5, 5.41) is 16.4. The Kier molecular flexibility index (Phi) is 13.1. The lowest BCUT2D eigenvalue weighted by molar-refractivity contribution is 0.0656. The minimum Gasteiger partial charge on any atom is -0.382 e. The van der Waals surface area contributed by atoms with Gasteiger partial charge in [-0.05, 0) is 77.9 Å². The number of nitrogen functional groups attached to an aromatic ring is 1. The number of sulfone groups is 1.